The highest BCUT2D eigenvalue weighted by Crippen LogP contribution is 2.36. The molecular formula is C10H7BrCl2F3N. The third-order valence-electron chi connectivity index (χ3n) is 1.85. The molecule has 0 saturated heterocycles. The monoisotopic (exact) mass is 347 g/mol. The Morgan fingerprint density at radius 3 is 2.59 bits per heavy atom. The summed E-state index contributed by atoms with van der Waals surface area (Å²) < 4.78 is 38.5. The lowest BCUT2D eigenvalue weighted by molar-refractivity contribution is -0.137. The minimum atomic E-state index is -4.43. The molecule has 0 aromatic heterocycles. The van der Waals surface area contributed by atoms with Gasteiger partial charge in [0, 0.05) is 20.7 Å². The third kappa shape index (κ3) is 4.41. The van der Waals surface area contributed by atoms with Crippen molar-refractivity contribution in [1.29, 1.82) is 0 Å². The summed E-state index contributed by atoms with van der Waals surface area (Å²) in [5.41, 5.74) is 0.295. The van der Waals surface area contributed by atoms with Crippen molar-refractivity contribution in [2.45, 2.75) is 6.18 Å². The predicted molar refractivity (Wildman–Crippen MR) is 67.4 cm³/mol. The molecule has 0 atom stereocenters. The molecule has 1 aromatic rings. The second kappa shape index (κ2) is 5.98. The van der Waals surface area contributed by atoms with Crippen LogP contribution in [-0.2, 0) is 6.18 Å². The zero-order valence-electron chi connectivity index (χ0n) is 8.28. The van der Waals surface area contributed by atoms with Gasteiger partial charge in [-0.2, -0.15) is 13.2 Å². The predicted octanol–water partition coefficient (Wildman–Crippen LogP) is 5.20. The van der Waals surface area contributed by atoms with E-state index in [0.29, 0.717) is 4.47 Å². The van der Waals surface area contributed by atoms with Crippen LogP contribution in [0.15, 0.2) is 33.2 Å². The van der Waals surface area contributed by atoms with Crippen LogP contribution in [0.4, 0.5) is 18.9 Å². The Hall–Kier alpha value is -0.390. The van der Waals surface area contributed by atoms with E-state index in [1.807, 2.05) is 0 Å². The first-order valence-corrected chi connectivity index (χ1v) is 6.00. The van der Waals surface area contributed by atoms with Crippen molar-refractivity contribution in [3.8, 4) is 0 Å². The maximum atomic E-state index is 12.7. The first-order valence-electron chi connectivity index (χ1n) is 4.40. The Bertz CT molecular complexity index is 432. The topological polar surface area (TPSA) is 12.0 Å². The molecule has 0 heterocycles. The van der Waals surface area contributed by atoms with Crippen molar-refractivity contribution in [2.24, 2.45) is 0 Å². The van der Waals surface area contributed by atoms with E-state index in [1.165, 1.54) is 12.1 Å². The molecule has 0 amide bonds. The first-order chi connectivity index (χ1) is 7.84. The summed E-state index contributed by atoms with van der Waals surface area (Å²) >= 11 is 13.9. The van der Waals surface area contributed by atoms with Gasteiger partial charge in [0.15, 0.2) is 0 Å². The summed E-state index contributed by atoms with van der Waals surface area (Å²) in [5, 5.41) is 2.80. The lowest BCUT2D eigenvalue weighted by Gasteiger charge is -2.14. The third-order valence-corrected chi connectivity index (χ3v) is 2.96. The van der Waals surface area contributed by atoms with E-state index in [2.05, 4.69) is 21.2 Å². The van der Waals surface area contributed by atoms with Crippen LogP contribution in [0.1, 0.15) is 5.56 Å². The Morgan fingerprint density at radius 2 is 2.06 bits per heavy atom. The van der Waals surface area contributed by atoms with Crippen LogP contribution in [0.3, 0.4) is 0 Å². The van der Waals surface area contributed by atoms with Crippen LogP contribution in [0.25, 0.3) is 0 Å². The van der Waals surface area contributed by atoms with Crippen LogP contribution in [-0.4, -0.2) is 6.54 Å². The average Bonchev–Trinajstić information content (AvgIpc) is 2.25. The number of nitrogens with one attached hydrogen (secondary N) is 1. The number of alkyl halides is 3. The first kappa shape index (κ1) is 14.7. The summed E-state index contributed by atoms with van der Waals surface area (Å²) in [7, 11) is 0. The molecule has 0 fully saturated rings. The molecule has 94 valence electrons. The Morgan fingerprint density at radius 1 is 1.41 bits per heavy atom. The molecular weight excluding hydrogens is 342 g/mol. The molecule has 0 unspecified atom stereocenters. The molecule has 1 aromatic carbocycles. The Labute approximate surface area is 115 Å². The van der Waals surface area contributed by atoms with Gasteiger partial charge in [-0.1, -0.05) is 39.1 Å². The molecule has 0 aliphatic carbocycles. The molecule has 0 radical (unpaired) electrons. The lowest BCUT2D eigenvalue weighted by Crippen LogP contribution is -2.11. The number of rotatable bonds is 3. The number of hydrogen-bond donors (Lipinski definition) is 1. The van der Waals surface area contributed by atoms with Crippen molar-refractivity contribution in [3.05, 3.63) is 38.8 Å². The lowest BCUT2D eigenvalue weighted by atomic mass is 10.1. The van der Waals surface area contributed by atoms with Gasteiger partial charge in [0.05, 0.1) is 12.1 Å². The van der Waals surface area contributed by atoms with Gasteiger partial charge in [-0.3, -0.25) is 0 Å². The molecule has 0 spiro atoms. The van der Waals surface area contributed by atoms with E-state index in [-0.39, 0.29) is 17.3 Å². The van der Waals surface area contributed by atoms with E-state index in [1.54, 1.807) is 0 Å². The van der Waals surface area contributed by atoms with E-state index < -0.39 is 11.7 Å². The molecule has 0 aliphatic rings. The van der Waals surface area contributed by atoms with Gasteiger partial charge in [0.1, 0.15) is 0 Å². The van der Waals surface area contributed by atoms with Crippen LogP contribution in [0, 0.1) is 0 Å². The SMILES string of the molecule is FC(F)(F)c1cc(Br)ccc1NCC(Cl)=CCl. The summed E-state index contributed by atoms with van der Waals surface area (Å²) in [4.78, 5) is 0. The number of hydrogen-bond acceptors (Lipinski definition) is 1. The number of anilines is 1. The van der Waals surface area contributed by atoms with Gasteiger partial charge in [-0.15, -0.1) is 0 Å². The second-order valence-corrected chi connectivity index (χ2v) is 4.72. The highest BCUT2D eigenvalue weighted by atomic mass is 79.9. The van der Waals surface area contributed by atoms with Gasteiger partial charge >= 0.3 is 6.18 Å². The van der Waals surface area contributed by atoms with Crippen molar-refractivity contribution in [1.82, 2.24) is 0 Å². The van der Waals surface area contributed by atoms with Gasteiger partial charge in [-0.25, -0.2) is 0 Å². The van der Waals surface area contributed by atoms with Gasteiger partial charge in [0.2, 0.25) is 0 Å². The molecule has 7 heteroatoms. The van der Waals surface area contributed by atoms with Crippen LogP contribution < -0.4 is 5.32 Å². The standard InChI is InChI=1S/C10H7BrCl2F3N/c11-6-1-2-9(17-5-7(13)4-12)8(3-6)10(14,15)16/h1-4,17H,5H2. The molecule has 0 saturated carbocycles. The van der Waals surface area contributed by atoms with Gasteiger partial charge in [0.25, 0.3) is 0 Å². The maximum Gasteiger partial charge on any atom is 0.418 e. The zero-order valence-corrected chi connectivity index (χ0v) is 11.4. The van der Waals surface area contributed by atoms with Gasteiger partial charge in [-0.05, 0) is 18.2 Å². The van der Waals surface area contributed by atoms with Crippen molar-refractivity contribution in [3.63, 3.8) is 0 Å². The van der Waals surface area contributed by atoms with E-state index in [4.69, 9.17) is 23.2 Å². The summed E-state index contributed by atoms with van der Waals surface area (Å²) in [6.07, 6.45) is -4.43. The molecule has 17 heavy (non-hydrogen) atoms. The molecule has 1 rings (SSSR count). The summed E-state index contributed by atoms with van der Waals surface area (Å²) in [6.45, 7) is 0.0375. The fraction of sp³-hybridized carbons (Fsp3) is 0.200. The second-order valence-electron chi connectivity index (χ2n) is 3.10. The Balaban J connectivity index is 2.99. The van der Waals surface area contributed by atoms with Crippen molar-refractivity contribution < 1.29 is 13.2 Å². The zero-order chi connectivity index (χ0) is 13.1. The van der Waals surface area contributed by atoms with E-state index in [9.17, 15) is 13.2 Å². The fourth-order valence-electron chi connectivity index (χ4n) is 1.12. The van der Waals surface area contributed by atoms with E-state index >= 15 is 0 Å². The average molecular weight is 349 g/mol. The highest BCUT2D eigenvalue weighted by molar-refractivity contribution is 9.10. The largest absolute Gasteiger partial charge is 0.418 e. The highest BCUT2D eigenvalue weighted by Gasteiger charge is 2.33. The minimum Gasteiger partial charge on any atom is -0.380 e. The minimum absolute atomic E-state index is 0.0375. The number of benzene rings is 1. The molecule has 1 N–H and O–H groups in total. The number of halogens is 6. The summed E-state index contributed by atoms with van der Waals surface area (Å²) in [5.74, 6) is 0. The maximum absolute atomic E-state index is 12.7. The van der Waals surface area contributed by atoms with Crippen LogP contribution in [0.5, 0.6) is 0 Å². The van der Waals surface area contributed by atoms with Crippen molar-refractivity contribution >= 4 is 44.8 Å². The van der Waals surface area contributed by atoms with Gasteiger partial charge < -0.3 is 5.32 Å². The molecule has 1 nitrogen and oxygen atoms in total. The van der Waals surface area contributed by atoms with Crippen molar-refractivity contribution in [2.75, 3.05) is 11.9 Å². The smallest absolute Gasteiger partial charge is 0.380 e. The molecule has 0 bridgehead atoms. The fourth-order valence-corrected chi connectivity index (χ4v) is 1.63. The summed E-state index contributed by atoms with van der Waals surface area (Å²) in [6, 6.07) is 3.84. The van der Waals surface area contributed by atoms with Crippen LogP contribution in [0.2, 0.25) is 0 Å². The Kier molecular flexibility index (Phi) is 5.16. The quantitative estimate of drug-likeness (QED) is 0.791. The van der Waals surface area contributed by atoms with E-state index in [0.717, 1.165) is 11.6 Å². The molecule has 0 aliphatic heterocycles. The normalized spacial score (nSPS) is 12.7. The van der Waals surface area contributed by atoms with Crippen LogP contribution >= 0.6 is 39.1 Å².